The van der Waals surface area contributed by atoms with Gasteiger partial charge in [0.2, 0.25) is 23.7 Å². The molecule has 0 radical (unpaired) electrons. The summed E-state index contributed by atoms with van der Waals surface area (Å²) in [6.07, 6.45) is 10.4. The molecular weight excluding hydrogens is 933 g/mol. The number of nitrogens with one attached hydrogen (secondary N) is 3. The predicted octanol–water partition coefficient (Wildman–Crippen LogP) is 7.04. The van der Waals surface area contributed by atoms with E-state index >= 15 is 0 Å². The molecule has 1 atom stereocenters. The Balaban J connectivity index is 0.778. The summed E-state index contributed by atoms with van der Waals surface area (Å²) in [5.41, 5.74) is 6.98. The normalized spacial score (nSPS) is 20.6. The number of aryl methyl sites for hydroxylation is 1. The van der Waals surface area contributed by atoms with Gasteiger partial charge in [0, 0.05) is 107 Å². The van der Waals surface area contributed by atoms with Crippen molar-refractivity contribution in [2.75, 3.05) is 87.2 Å². The number of fused-ring (bicyclic) bond motifs is 1. The quantitative estimate of drug-likeness (QED) is 0.0809. The number of benzene rings is 3. The number of amides is 3. The molecule has 3 aliphatic heterocycles. The minimum Gasteiger partial charge on any atom is -0.494 e. The highest BCUT2D eigenvalue weighted by molar-refractivity contribution is 9.10. The van der Waals surface area contributed by atoms with Crippen molar-refractivity contribution in [1.29, 1.82) is 0 Å². The van der Waals surface area contributed by atoms with Crippen LogP contribution in [0.15, 0.2) is 71.6 Å². The number of nitrogens with zero attached hydrogens (tertiary/aromatic N) is 8. The monoisotopic (exact) mass is 991 g/mol. The lowest BCUT2D eigenvalue weighted by Gasteiger charge is -2.46. The summed E-state index contributed by atoms with van der Waals surface area (Å²) in [6, 6.07) is 16.7. The lowest BCUT2D eigenvalue weighted by molar-refractivity contribution is -0.141. The summed E-state index contributed by atoms with van der Waals surface area (Å²) in [5.74, 6) is 1.12. The number of piperazine rings is 1. The zero-order valence-electron chi connectivity index (χ0n) is 38.8. The first kappa shape index (κ1) is 46.5. The van der Waals surface area contributed by atoms with E-state index in [0.29, 0.717) is 62.9 Å². The second-order valence-electron chi connectivity index (χ2n) is 18.5. The van der Waals surface area contributed by atoms with Crippen LogP contribution in [-0.4, -0.2) is 126 Å². The molecule has 67 heavy (non-hydrogen) atoms. The van der Waals surface area contributed by atoms with Crippen molar-refractivity contribution in [2.45, 2.75) is 69.9 Å². The van der Waals surface area contributed by atoms with Gasteiger partial charge in [-0.3, -0.25) is 34.6 Å². The topological polar surface area (TPSA) is 178 Å². The Morgan fingerprint density at radius 3 is 2.42 bits per heavy atom. The lowest BCUT2D eigenvalue weighted by atomic mass is 9.78. The average molecular weight is 993 g/mol. The molecule has 1 saturated carbocycles. The molecule has 9 rings (SSSR count). The lowest BCUT2D eigenvalue weighted by Crippen LogP contribution is -2.57. The summed E-state index contributed by atoms with van der Waals surface area (Å²) in [6.45, 7) is 10.8. The first-order valence-electron chi connectivity index (χ1n) is 23.3. The molecule has 1 aliphatic carbocycles. The van der Waals surface area contributed by atoms with Crippen molar-refractivity contribution in [3.8, 4) is 5.75 Å². The van der Waals surface area contributed by atoms with E-state index in [0.717, 1.165) is 88.3 Å². The number of hydrogen-bond donors (Lipinski definition) is 3. The molecule has 0 bridgehead atoms. The number of aromatic nitrogens is 4. The highest BCUT2D eigenvalue weighted by Crippen LogP contribution is 2.42. The van der Waals surface area contributed by atoms with Gasteiger partial charge in [-0.2, -0.15) is 4.98 Å². The van der Waals surface area contributed by atoms with Gasteiger partial charge in [0.15, 0.2) is 0 Å². The third-order valence-electron chi connectivity index (χ3n) is 14.1. The highest BCUT2D eigenvalue weighted by Gasteiger charge is 2.40. The second kappa shape index (κ2) is 19.5. The summed E-state index contributed by atoms with van der Waals surface area (Å²) in [7, 11) is 0.964. The van der Waals surface area contributed by atoms with Gasteiger partial charge in [-0.25, -0.2) is 4.98 Å². The molecule has 3 amide bonds. The number of anilines is 6. The smallest absolute Gasteiger partial charge is 0.234 e. The number of rotatable bonds is 13. The molecule has 5 heterocycles. The van der Waals surface area contributed by atoms with E-state index in [2.05, 4.69) is 105 Å². The fourth-order valence-corrected chi connectivity index (χ4v) is 11.9. The first-order chi connectivity index (χ1) is 32.3. The minimum atomic E-state index is -2.78. The Hall–Kier alpha value is -5.64. The van der Waals surface area contributed by atoms with Gasteiger partial charge in [-0.05, 0) is 109 Å². The Bertz CT molecular complexity index is 2730. The number of piperidine rings is 2. The average Bonchev–Trinajstić information content (AvgIpc) is 3.31. The van der Waals surface area contributed by atoms with E-state index in [-0.39, 0.29) is 35.6 Å². The van der Waals surface area contributed by atoms with Gasteiger partial charge in [0.05, 0.1) is 39.7 Å². The van der Waals surface area contributed by atoms with Crippen LogP contribution in [0.25, 0.3) is 11.0 Å². The molecule has 3 saturated heterocycles. The SMILES string of the molecule is CCc1cc(Nc2ncc(Br)c(Nc3ccc4nccnc4c3P(C)(C)=O)n2)c(OC)cc1N1CCC(N2CCN(C(=O)C3CC(N(C)c4cccc(C5CCC(=O)NC5=O)c4)C3)CC2)CC1. The van der Waals surface area contributed by atoms with Crippen molar-refractivity contribution >= 4 is 91.6 Å². The molecule has 4 aliphatic rings. The van der Waals surface area contributed by atoms with Gasteiger partial charge in [-0.15, -0.1) is 0 Å². The van der Waals surface area contributed by atoms with E-state index in [1.54, 1.807) is 39.0 Å². The first-order valence-corrected chi connectivity index (χ1v) is 26.7. The van der Waals surface area contributed by atoms with E-state index in [9.17, 15) is 18.9 Å². The Morgan fingerprint density at radius 2 is 1.70 bits per heavy atom. The van der Waals surface area contributed by atoms with Gasteiger partial charge in [-0.1, -0.05) is 19.1 Å². The Kier molecular flexibility index (Phi) is 13.5. The molecule has 1 unspecified atom stereocenters. The van der Waals surface area contributed by atoms with Crippen molar-refractivity contribution in [2.24, 2.45) is 5.92 Å². The number of carbonyl (C=O) groups excluding carboxylic acids is 3. The number of hydrogen-bond acceptors (Lipinski definition) is 14. The molecule has 4 fully saturated rings. The van der Waals surface area contributed by atoms with Gasteiger partial charge >= 0.3 is 0 Å². The molecule has 2 aromatic heterocycles. The highest BCUT2D eigenvalue weighted by atomic mass is 79.9. The largest absolute Gasteiger partial charge is 0.494 e. The summed E-state index contributed by atoms with van der Waals surface area (Å²) < 4.78 is 20.1. The van der Waals surface area contributed by atoms with Gasteiger partial charge in [0.25, 0.3) is 0 Å². The Labute approximate surface area is 400 Å². The zero-order valence-corrected chi connectivity index (χ0v) is 41.3. The third-order valence-corrected chi connectivity index (χ3v) is 16.2. The summed E-state index contributed by atoms with van der Waals surface area (Å²) in [5, 5.41) is 9.86. The molecule has 16 nitrogen and oxygen atoms in total. The molecular formula is C49H59BrN11O5P. The third kappa shape index (κ3) is 9.86. The predicted molar refractivity (Wildman–Crippen MR) is 267 cm³/mol. The van der Waals surface area contributed by atoms with Crippen LogP contribution < -0.4 is 35.8 Å². The number of halogens is 1. The molecule has 0 spiro atoms. The molecule has 18 heteroatoms. The van der Waals surface area contributed by atoms with Crippen molar-refractivity contribution in [1.82, 2.24) is 35.1 Å². The van der Waals surface area contributed by atoms with Crippen LogP contribution in [0.3, 0.4) is 0 Å². The maximum Gasteiger partial charge on any atom is 0.234 e. The van der Waals surface area contributed by atoms with Crippen molar-refractivity contribution in [3.05, 3.63) is 82.7 Å². The number of carbonyl (C=O) groups is 3. The van der Waals surface area contributed by atoms with E-state index in [1.807, 2.05) is 24.3 Å². The van der Waals surface area contributed by atoms with E-state index in [1.165, 1.54) is 11.3 Å². The summed E-state index contributed by atoms with van der Waals surface area (Å²) >= 11 is 3.60. The maximum atomic E-state index is 13.7. The van der Waals surface area contributed by atoms with Crippen LogP contribution in [0, 0.1) is 5.92 Å². The maximum absolute atomic E-state index is 13.7. The van der Waals surface area contributed by atoms with Crippen LogP contribution in [0.1, 0.15) is 62.5 Å². The molecule has 5 aromatic rings. The standard InChI is InChI=1S/C49H59BrN11O5P/c1-6-30-27-40(55-49-53-29-37(50)46(57-49)54-39-12-11-38-44(52-17-16-51-38)45(39)67(4,5)65)42(66-3)28-41(30)60-18-14-33(15-19-60)59-20-22-61(23-21-59)48(64)32-25-35(26-32)58(2)34-9-7-8-31(24-34)36-10-13-43(62)56-47(36)63/h7-9,11-12,16-17,24,27-29,32-33,35-36H,6,10,13-15,18-23,25-26H2,1-5H3,(H,56,62,63)(H2,53,54,55,57). The van der Waals surface area contributed by atoms with Crippen molar-refractivity contribution in [3.63, 3.8) is 0 Å². The van der Waals surface area contributed by atoms with E-state index in [4.69, 9.17) is 9.72 Å². The fraction of sp³-hybridized carbons (Fsp3) is 0.449. The minimum absolute atomic E-state index is 0.0357. The number of methoxy groups -OCH3 is 1. The van der Waals surface area contributed by atoms with Gasteiger partial charge in [0.1, 0.15) is 24.2 Å². The summed E-state index contributed by atoms with van der Waals surface area (Å²) in [4.78, 5) is 65.5. The zero-order chi connectivity index (χ0) is 47.0. The van der Waals surface area contributed by atoms with Crippen LogP contribution >= 0.6 is 23.1 Å². The van der Waals surface area contributed by atoms with Crippen LogP contribution in [-0.2, 0) is 25.4 Å². The molecule has 3 N–H and O–H groups in total. The van der Waals surface area contributed by atoms with Crippen LogP contribution in [0.2, 0.25) is 0 Å². The fourth-order valence-electron chi connectivity index (χ4n) is 10.2. The molecule has 352 valence electrons. The number of imide groups is 1. The van der Waals surface area contributed by atoms with Crippen LogP contribution in [0.4, 0.5) is 34.5 Å². The van der Waals surface area contributed by atoms with Crippen molar-refractivity contribution < 1.29 is 23.7 Å². The van der Waals surface area contributed by atoms with Gasteiger partial charge < -0.3 is 34.6 Å². The Morgan fingerprint density at radius 1 is 0.940 bits per heavy atom. The molecule has 3 aromatic carbocycles. The van der Waals surface area contributed by atoms with Crippen LogP contribution in [0.5, 0.6) is 5.75 Å². The van der Waals surface area contributed by atoms with E-state index < -0.39 is 7.14 Å². The number of ether oxygens (including phenoxy) is 1. The second-order valence-corrected chi connectivity index (χ2v) is 22.5.